The highest BCUT2D eigenvalue weighted by Crippen LogP contribution is 2.23. The van der Waals surface area contributed by atoms with Gasteiger partial charge in [0, 0.05) is 20.1 Å². The molecule has 0 amide bonds. The molecule has 0 aliphatic heterocycles. The van der Waals surface area contributed by atoms with Crippen molar-refractivity contribution in [3.05, 3.63) is 53.2 Å². The molecule has 1 unspecified atom stereocenters. The highest BCUT2D eigenvalue weighted by atomic mass is 15.1. The van der Waals surface area contributed by atoms with Gasteiger partial charge in [0.05, 0.1) is 11.9 Å². The van der Waals surface area contributed by atoms with Crippen LogP contribution in [0.2, 0.25) is 0 Å². The molecule has 2 aromatic rings. The van der Waals surface area contributed by atoms with Crippen molar-refractivity contribution in [2.24, 2.45) is 0 Å². The molecule has 3 heteroatoms. The summed E-state index contributed by atoms with van der Waals surface area (Å²) in [6, 6.07) is 10.9. The number of aromatic nitrogens is 1. The number of aryl methyl sites for hydroxylation is 2. The molecule has 1 atom stereocenters. The monoisotopic (exact) mass is 269 g/mol. The molecule has 0 fully saturated rings. The molecule has 1 aromatic carbocycles. The van der Waals surface area contributed by atoms with E-state index in [1.54, 1.807) is 0 Å². The van der Waals surface area contributed by atoms with Gasteiger partial charge in [-0.2, -0.15) is 0 Å². The molecule has 0 saturated heterocycles. The average Bonchev–Trinajstić information content (AvgIpc) is 2.42. The normalized spacial score (nSPS) is 12.1. The Balaban J connectivity index is 2.14. The van der Waals surface area contributed by atoms with Gasteiger partial charge in [0.25, 0.3) is 0 Å². The topological polar surface area (TPSA) is 28.2 Å². The molecule has 1 N–H and O–H groups in total. The molecule has 1 heterocycles. The van der Waals surface area contributed by atoms with Crippen LogP contribution in [0.3, 0.4) is 0 Å². The minimum Gasteiger partial charge on any atom is -0.377 e. The molecular weight excluding hydrogens is 246 g/mol. The molecule has 106 valence electrons. The minimum absolute atomic E-state index is 0.266. The van der Waals surface area contributed by atoms with E-state index in [2.05, 4.69) is 55.3 Å². The van der Waals surface area contributed by atoms with Crippen LogP contribution in [0, 0.1) is 13.8 Å². The number of nitrogens with one attached hydrogen (secondary N) is 1. The van der Waals surface area contributed by atoms with Crippen LogP contribution in [0.1, 0.15) is 29.7 Å². The number of anilines is 2. The largest absolute Gasteiger partial charge is 0.377 e. The summed E-state index contributed by atoms with van der Waals surface area (Å²) in [6.45, 7) is 6.46. The first kappa shape index (κ1) is 14.4. The van der Waals surface area contributed by atoms with E-state index < -0.39 is 0 Å². The van der Waals surface area contributed by atoms with Gasteiger partial charge in [0.2, 0.25) is 0 Å². The first-order valence-electron chi connectivity index (χ1n) is 6.94. The van der Waals surface area contributed by atoms with Gasteiger partial charge in [-0.3, -0.25) is 0 Å². The van der Waals surface area contributed by atoms with Gasteiger partial charge in [-0.25, -0.2) is 4.98 Å². The first-order valence-corrected chi connectivity index (χ1v) is 6.94. The minimum atomic E-state index is 0.266. The highest BCUT2D eigenvalue weighted by molar-refractivity contribution is 5.50. The lowest BCUT2D eigenvalue weighted by Gasteiger charge is -2.19. The quantitative estimate of drug-likeness (QED) is 0.911. The molecule has 1 aromatic heterocycles. The van der Waals surface area contributed by atoms with Gasteiger partial charge in [-0.1, -0.05) is 23.8 Å². The number of hydrogen-bond donors (Lipinski definition) is 1. The predicted octanol–water partition coefficient (Wildman–Crippen LogP) is 3.94. The van der Waals surface area contributed by atoms with Crippen LogP contribution in [0.4, 0.5) is 11.5 Å². The molecule has 20 heavy (non-hydrogen) atoms. The Morgan fingerprint density at radius 2 is 1.85 bits per heavy atom. The van der Waals surface area contributed by atoms with E-state index in [1.165, 1.54) is 16.7 Å². The van der Waals surface area contributed by atoms with Gasteiger partial charge >= 0.3 is 0 Å². The third kappa shape index (κ3) is 3.29. The van der Waals surface area contributed by atoms with Crippen molar-refractivity contribution in [1.82, 2.24) is 4.98 Å². The summed E-state index contributed by atoms with van der Waals surface area (Å²) < 4.78 is 0. The van der Waals surface area contributed by atoms with Crippen molar-refractivity contribution in [1.29, 1.82) is 0 Å². The zero-order chi connectivity index (χ0) is 14.7. The second-order valence-electron chi connectivity index (χ2n) is 5.53. The van der Waals surface area contributed by atoms with E-state index in [0.29, 0.717) is 0 Å². The average molecular weight is 269 g/mol. The maximum atomic E-state index is 4.43. The summed E-state index contributed by atoms with van der Waals surface area (Å²) in [5.74, 6) is 0.968. The summed E-state index contributed by atoms with van der Waals surface area (Å²) in [6.07, 6.45) is 1.89. The summed E-state index contributed by atoms with van der Waals surface area (Å²) in [5.41, 5.74) is 4.99. The number of nitrogens with zero attached hydrogens (tertiary/aromatic N) is 2. The molecule has 3 nitrogen and oxygen atoms in total. The van der Waals surface area contributed by atoms with Crippen LogP contribution in [0.5, 0.6) is 0 Å². The van der Waals surface area contributed by atoms with E-state index >= 15 is 0 Å². The Bertz CT molecular complexity index is 573. The Kier molecular flexibility index (Phi) is 4.28. The number of pyridine rings is 1. The lowest BCUT2D eigenvalue weighted by Crippen LogP contribution is -2.12. The van der Waals surface area contributed by atoms with Crippen molar-refractivity contribution in [2.45, 2.75) is 26.8 Å². The molecule has 0 bridgehead atoms. The van der Waals surface area contributed by atoms with E-state index in [-0.39, 0.29) is 6.04 Å². The zero-order valence-electron chi connectivity index (χ0n) is 12.9. The van der Waals surface area contributed by atoms with Gasteiger partial charge in [-0.15, -0.1) is 0 Å². The van der Waals surface area contributed by atoms with Crippen LogP contribution in [-0.2, 0) is 0 Å². The third-order valence-electron chi connectivity index (χ3n) is 3.49. The second-order valence-corrected chi connectivity index (χ2v) is 5.53. The van der Waals surface area contributed by atoms with Crippen molar-refractivity contribution < 1.29 is 0 Å². The maximum Gasteiger partial charge on any atom is 0.128 e. The number of hydrogen-bond acceptors (Lipinski definition) is 3. The van der Waals surface area contributed by atoms with Crippen LogP contribution < -0.4 is 10.2 Å². The van der Waals surface area contributed by atoms with Gasteiger partial charge in [0.15, 0.2) is 0 Å². The summed E-state index contributed by atoms with van der Waals surface area (Å²) in [7, 11) is 3.99. The van der Waals surface area contributed by atoms with Crippen molar-refractivity contribution in [3.63, 3.8) is 0 Å². The third-order valence-corrected chi connectivity index (χ3v) is 3.49. The summed E-state index contributed by atoms with van der Waals surface area (Å²) >= 11 is 0. The Hall–Kier alpha value is -2.03. The maximum absolute atomic E-state index is 4.43. The van der Waals surface area contributed by atoms with Crippen molar-refractivity contribution in [2.75, 3.05) is 24.3 Å². The molecule has 0 radical (unpaired) electrons. The molecule has 0 aliphatic carbocycles. The van der Waals surface area contributed by atoms with Crippen LogP contribution in [0.25, 0.3) is 0 Å². The Labute approximate surface area is 121 Å². The fraction of sp³-hybridized carbons (Fsp3) is 0.353. The second kappa shape index (κ2) is 5.95. The zero-order valence-corrected chi connectivity index (χ0v) is 12.9. The molecular formula is C17H23N3. The van der Waals surface area contributed by atoms with Crippen LogP contribution in [0.15, 0.2) is 36.5 Å². The SMILES string of the molecule is Cc1ccc(C)c(C(C)Nc2ccc(N(C)C)nc2)c1. The highest BCUT2D eigenvalue weighted by Gasteiger charge is 2.09. The molecule has 0 aliphatic rings. The number of benzene rings is 1. The molecule has 0 spiro atoms. The van der Waals surface area contributed by atoms with E-state index in [4.69, 9.17) is 0 Å². The number of rotatable bonds is 4. The smallest absolute Gasteiger partial charge is 0.128 e. The van der Waals surface area contributed by atoms with Crippen LogP contribution in [-0.4, -0.2) is 19.1 Å². The predicted molar refractivity (Wildman–Crippen MR) is 86.5 cm³/mol. The van der Waals surface area contributed by atoms with E-state index in [1.807, 2.05) is 31.3 Å². The van der Waals surface area contributed by atoms with Crippen LogP contribution >= 0.6 is 0 Å². The summed E-state index contributed by atoms with van der Waals surface area (Å²) in [5, 5.41) is 3.51. The molecule has 0 saturated carbocycles. The molecule has 2 rings (SSSR count). The summed E-state index contributed by atoms with van der Waals surface area (Å²) in [4.78, 5) is 6.43. The lowest BCUT2D eigenvalue weighted by atomic mass is 10.00. The first-order chi connectivity index (χ1) is 9.47. The van der Waals surface area contributed by atoms with E-state index in [0.717, 1.165) is 11.5 Å². The Morgan fingerprint density at radius 1 is 1.10 bits per heavy atom. The van der Waals surface area contributed by atoms with Gasteiger partial charge in [0.1, 0.15) is 5.82 Å². The Morgan fingerprint density at radius 3 is 2.45 bits per heavy atom. The van der Waals surface area contributed by atoms with Crippen molar-refractivity contribution in [3.8, 4) is 0 Å². The van der Waals surface area contributed by atoms with Gasteiger partial charge in [-0.05, 0) is 44.0 Å². The van der Waals surface area contributed by atoms with Gasteiger partial charge < -0.3 is 10.2 Å². The fourth-order valence-electron chi connectivity index (χ4n) is 2.29. The van der Waals surface area contributed by atoms with Crippen molar-refractivity contribution >= 4 is 11.5 Å². The lowest BCUT2D eigenvalue weighted by molar-refractivity contribution is 0.870. The van der Waals surface area contributed by atoms with E-state index in [9.17, 15) is 0 Å². The fourth-order valence-corrected chi connectivity index (χ4v) is 2.29. The standard InChI is InChI=1S/C17H23N3/c1-12-6-7-13(2)16(10-12)14(3)19-15-8-9-17(18-11-15)20(4)5/h6-11,14,19H,1-5H3.